The maximum absolute atomic E-state index is 13.0. The fraction of sp³-hybridized carbons (Fsp3) is 0.364. The van der Waals surface area contributed by atoms with Crippen LogP contribution >= 0.6 is 0 Å². The van der Waals surface area contributed by atoms with Gasteiger partial charge in [-0.1, -0.05) is 12.1 Å². The SMILES string of the molecule is CCNC(=O)C(C)N(Cc1ccc(OC)cc1)C(=O)COc1ccc([N+](=O)[O-])c(OC)c1. The topological polar surface area (TPSA) is 120 Å². The van der Waals surface area contributed by atoms with Gasteiger partial charge in [-0.05, 0) is 37.6 Å². The third kappa shape index (κ3) is 6.34. The standard InChI is InChI=1S/C22H27N3O7/c1-5-23-22(27)15(2)24(13-16-6-8-17(30-3)9-7-16)21(26)14-32-18-10-11-19(25(28)29)20(12-18)31-4/h6-12,15H,5,13-14H2,1-4H3,(H,23,27). The zero-order valence-electron chi connectivity index (χ0n) is 18.5. The number of rotatable bonds is 11. The Morgan fingerprint density at radius 3 is 2.31 bits per heavy atom. The van der Waals surface area contributed by atoms with Crippen molar-refractivity contribution in [2.24, 2.45) is 0 Å². The highest BCUT2D eigenvalue weighted by Crippen LogP contribution is 2.30. The largest absolute Gasteiger partial charge is 0.497 e. The maximum Gasteiger partial charge on any atom is 0.311 e. The molecule has 0 spiro atoms. The molecule has 10 nitrogen and oxygen atoms in total. The molecule has 1 N–H and O–H groups in total. The number of amides is 2. The molecule has 0 fully saturated rings. The number of carbonyl (C=O) groups excluding carboxylic acids is 2. The van der Waals surface area contributed by atoms with E-state index in [1.54, 1.807) is 33.1 Å². The van der Waals surface area contributed by atoms with Crippen molar-refractivity contribution in [3.05, 3.63) is 58.1 Å². The minimum absolute atomic E-state index is 0.0192. The van der Waals surface area contributed by atoms with E-state index in [1.807, 2.05) is 12.1 Å². The van der Waals surface area contributed by atoms with E-state index in [9.17, 15) is 19.7 Å². The summed E-state index contributed by atoms with van der Waals surface area (Å²) in [5.74, 6) is 0.226. The summed E-state index contributed by atoms with van der Waals surface area (Å²) in [5.41, 5.74) is 0.601. The number of ether oxygens (including phenoxy) is 3. The van der Waals surface area contributed by atoms with Gasteiger partial charge in [0.05, 0.1) is 19.1 Å². The van der Waals surface area contributed by atoms with E-state index in [4.69, 9.17) is 14.2 Å². The quantitative estimate of drug-likeness (QED) is 0.417. The monoisotopic (exact) mass is 445 g/mol. The van der Waals surface area contributed by atoms with Gasteiger partial charge in [-0.3, -0.25) is 19.7 Å². The Bertz CT molecular complexity index is 947. The second-order valence-electron chi connectivity index (χ2n) is 6.82. The summed E-state index contributed by atoms with van der Waals surface area (Å²) < 4.78 is 15.7. The second-order valence-corrected chi connectivity index (χ2v) is 6.82. The summed E-state index contributed by atoms with van der Waals surface area (Å²) in [6.45, 7) is 3.70. The van der Waals surface area contributed by atoms with Crippen LogP contribution in [-0.4, -0.2) is 55.1 Å². The van der Waals surface area contributed by atoms with Crippen LogP contribution in [0.25, 0.3) is 0 Å². The van der Waals surface area contributed by atoms with Gasteiger partial charge in [0, 0.05) is 25.2 Å². The lowest BCUT2D eigenvalue weighted by Crippen LogP contribution is -2.49. The van der Waals surface area contributed by atoms with Crippen LogP contribution < -0.4 is 19.5 Å². The van der Waals surface area contributed by atoms with Gasteiger partial charge in [-0.2, -0.15) is 0 Å². The number of hydrogen-bond donors (Lipinski definition) is 1. The van der Waals surface area contributed by atoms with Crippen molar-refractivity contribution in [2.45, 2.75) is 26.4 Å². The van der Waals surface area contributed by atoms with Gasteiger partial charge in [0.25, 0.3) is 5.91 Å². The Balaban J connectivity index is 2.17. The van der Waals surface area contributed by atoms with E-state index in [1.165, 1.54) is 30.2 Å². The molecule has 10 heteroatoms. The molecular formula is C22H27N3O7. The van der Waals surface area contributed by atoms with Crippen LogP contribution in [0.3, 0.4) is 0 Å². The molecule has 1 atom stereocenters. The molecule has 2 aromatic carbocycles. The van der Waals surface area contributed by atoms with Gasteiger partial charge in [0.15, 0.2) is 6.61 Å². The number of nitrogens with one attached hydrogen (secondary N) is 1. The van der Waals surface area contributed by atoms with Gasteiger partial charge < -0.3 is 24.4 Å². The highest BCUT2D eigenvalue weighted by atomic mass is 16.6. The molecule has 32 heavy (non-hydrogen) atoms. The average Bonchev–Trinajstić information content (AvgIpc) is 2.80. The van der Waals surface area contributed by atoms with Crippen molar-refractivity contribution in [1.82, 2.24) is 10.2 Å². The summed E-state index contributed by atoms with van der Waals surface area (Å²) in [5, 5.41) is 13.7. The molecule has 0 heterocycles. The molecular weight excluding hydrogens is 418 g/mol. The highest BCUT2D eigenvalue weighted by molar-refractivity contribution is 5.87. The molecule has 0 saturated carbocycles. The average molecular weight is 445 g/mol. The molecule has 2 rings (SSSR count). The van der Waals surface area contributed by atoms with Crippen LogP contribution in [0.2, 0.25) is 0 Å². The molecule has 0 aliphatic carbocycles. The van der Waals surface area contributed by atoms with Crippen molar-refractivity contribution >= 4 is 17.5 Å². The number of nitro benzene ring substituents is 1. The van der Waals surface area contributed by atoms with Gasteiger partial charge in [-0.25, -0.2) is 0 Å². The first kappa shape index (κ1) is 24.4. The van der Waals surface area contributed by atoms with Crippen LogP contribution in [0.1, 0.15) is 19.4 Å². The van der Waals surface area contributed by atoms with Crippen LogP contribution in [0.5, 0.6) is 17.2 Å². The van der Waals surface area contributed by atoms with Crippen molar-refractivity contribution in [3.63, 3.8) is 0 Å². The molecule has 0 aliphatic rings. The molecule has 2 aromatic rings. The normalized spacial score (nSPS) is 11.2. The summed E-state index contributed by atoms with van der Waals surface area (Å²) >= 11 is 0. The summed E-state index contributed by atoms with van der Waals surface area (Å²) in [6, 6.07) is 10.4. The Kier molecular flexibility index (Phi) is 8.82. The number of nitro groups is 1. The fourth-order valence-electron chi connectivity index (χ4n) is 2.96. The molecule has 1 unspecified atom stereocenters. The molecule has 0 aromatic heterocycles. The summed E-state index contributed by atoms with van der Waals surface area (Å²) in [4.78, 5) is 37.2. The third-order valence-corrected chi connectivity index (χ3v) is 4.74. The fourth-order valence-corrected chi connectivity index (χ4v) is 2.96. The first-order valence-electron chi connectivity index (χ1n) is 9.96. The van der Waals surface area contributed by atoms with E-state index in [0.717, 1.165) is 5.56 Å². The molecule has 0 radical (unpaired) electrons. The van der Waals surface area contributed by atoms with Crippen molar-refractivity contribution in [1.29, 1.82) is 0 Å². The minimum atomic E-state index is -0.737. The zero-order chi connectivity index (χ0) is 23.7. The van der Waals surface area contributed by atoms with Crippen molar-refractivity contribution in [2.75, 3.05) is 27.4 Å². The number of methoxy groups -OCH3 is 2. The predicted octanol–water partition coefficient (Wildman–Crippen LogP) is 2.54. The van der Waals surface area contributed by atoms with Crippen LogP contribution in [0, 0.1) is 10.1 Å². The third-order valence-electron chi connectivity index (χ3n) is 4.74. The summed E-state index contributed by atoms with van der Waals surface area (Å²) in [6.07, 6.45) is 0. The number of carbonyl (C=O) groups is 2. The lowest BCUT2D eigenvalue weighted by Gasteiger charge is -2.28. The van der Waals surface area contributed by atoms with Crippen LogP contribution in [0.4, 0.5) is 5.69 Å². The number of hydrogen-bond acceptors (Lipinski definition) is 7. The Labute approximate surface area is 186 Å². The number of likely N-dealkylation sites (N-methyl/N-ethyl adjacent to an activating group) is 1. The Morgan fingerprint density at radius 1 is 1.09 bits per heavy atom. The maximum atomic E-state index is 13.0. The van der Waals surface area contributed by atoms with Gasteiger partial charge in [-0.15, -0.1) is 0 Å². The zero-order valence-corrected chi connectivity index (χ0v) is 18.5. The van der Waals surface area contributed by atoms with E-state index >= 15 is 0 Å². The lowest BCUT2D eigenvalue weighted by molar-refractivity contribution is -0.385. The van der Waals surface area contributed by atoms with Crippen molar-refractivity contribution < 1.29 is 28.7 Å². The van der Waals surface area contributed by atoms with E-state index < -0.39 is 16.9 Å². The Morgan fingerprint density at radius 2 is 1.75 bits per heavy atom. The first-order valence-corrected chi connectivity index (χ1v) is 9.96. The van der Waals surface area contributed by atoms with E-state index in [2.05, 4.69) is 5.32 Å². The molecule has 0 bridgehead atoms. The molecule has 172 valence electrons. The van der Waals surface area contributed by atoms with E-state index in [-0.39, 0.29) is 36.2 Å². The lowest BCUT2D eigenvalue weighted by atomic mass is 10.1. The predicted molar refractivity (Wildman–Crippen MR) is 117 cm³/mol. The van der Waals surface area contributed by atoms with E-state index in [0.29, 0.717) is 12.3 Å². The van der Waals surface area contributed by atoms with Gasteiger partial charge in [0.2, 0.25) is 11.7 Å². The van der Waals surface area contributed by atoms with Crippen LogP contribution in [-0.2, 0) is 16.1 Å². The smallest absolute Gasteiger partial charge is 0.311 e. The summed E-state index contributed by atoms with van der Waals surface area (Å²) in [7, 11) is 2.87. The number of nitrogens with zero attached hydrogens (tertiary/aromatic N) is 2. The Hall–Kier alpha value is -3.82. The number of benzene rings is 2. The minimum Gasteiger partial charge on any atom is -0.497 e. The molecule has 2 amide bonds. The molecule has 0 saturated heterocycles. The second kappa shape index (κ2) is 11.5. The van der Waals surface area contributed by atoms with Crippen molar-refractivity contribution in [3.8, 4) is 17.2 Å². The molecule has 0 aliphatic heterocycles. The van der Waals surface area contributed by atoms with Gasteiger partial charge >= 0.3 is 5.69 Å². The highest BCUT2D eigenvalue weighted by Gasteiger charge is 2.26. The van der Waals surface area contributed by atoms with Gasteiger partial charge in [0.1, 0.15) is 17.5 Å². The first-order chi connectivity index (χ1) is 15.3. The van der Waals surface area contributed by atoms with Crippen LogP contribution in [0.15, 0.2) is 42.5 Å².